The van der Waals surface area contributed by atoms with Crippen molar-refractivity contribution in [2.45, 2.75) is 93.2 Å². The molecule has 3 unspecified atom stereocenters. The van der Waals surface area contributed by atoms with Crippen LogP contribution in [0.2, 0.25) is 0 Å². The molecule has 2 aliphatic heterocycles. The van der Waals surface area contributed by atoms with Gasteiger partial charge >= 0.3 is 0 Å². The molecule has 4 amide bonds. The average molecular weight is 753 g/mol. The number of anilines is 1. The van der Waals surface area contributed by atoms with Crippen LogP contribution in [0.25, 0.3) is 43.1 Å². The van der Waals surface area contributed by atoms with E-state index in [9.17, 15) is 19.2 Å². The number of hydrogen-bond acceptors (Lipinski definition) is 7. The molecule has 0 spiro atoms. The average Bonchev–Trinajstić information content (AvgIpc) is 3.14. The van der Waals surface area contributed by atoms with Gasteiger partial charge in [-0.15, -0.1) is 0 Å². The van der Waals surface area contributed by atoms with Gasteiger partial charge in [0.25, 0.3) is 23.6 Å². The number of carbonyl (C=O) groups is 4. The van der Waals surface area contributed by atoms with Gasteiger partial charge in [-0.25, -0.2) is 4.90 Å². The molecule has 3 atom stereocenters. The molecule has 6 aromatic rings. The van der Waals surface area contributed by atoms with Gasteiger partial charge < -0.3 is 15.8 Å². The molecule has 0 aliphatic carbocycles. The quantitative estimate of drug-likeness (QED) is 0.0654. The maximum absolute atomic E-state index is 14.1. The van der Waals surface area contributed by atoms with Crippen LogP contribution in [0, 0.1) is 18.8 Å². The van der Waals surface area contributed by atoms with E-state index in [4.69, 9.17) is 10.5 Å². The molecule has 0 bridgehead atoms. The van der Waals surface area contributed by atoms with Crippen LogP contribution in [-0.4, -0.2) is 59.0 Å². The minimum Gasteiger partial charge on any atom is -0.356 e. The fourth-order valence-electron chi connectivity index (χ4n) is 8.11. The summed E-state index contributed by atoms with van der Waals surface area (Å²) in [6.07, 6.45) is -0.577. The third-order valence-corrected chi connectivity index (χ3v) is 11.7. The van der Waals surface area contributed by atoms with Gasteiger partial charge in [0.15, 0.2) is 0 Å². The lowest BCUT2D eigenvalue weighted by Crippen LogP contribution is -2.56. The van der Waals surface area contributed by atoms with Gasteiger partial charge in [0, 0.05) is 39.1 Å². The van der Waals surface area contributed by atoms with Crippen molar-refractivity contribution in [2.75, 3.05) is 11.4 Å². The van der Waals surface area contributed by atoms with Gasteiger partial charge in [0.1, 0.15) is 6.23 Å². The Morgan fingerprint density at radius 3 is 1.39 bits per heavy atom. The fraction of sp³-hybridized carbons (Fsp3) is 0.362. The molecule has 0 saturated carbocycles. The normalized spacial score (nSPS) is 16.2. The molecule has 0 aromatic heterocycles. The molecule has 290 valence electrons. The summed E-state index contributed by atoms with van der Waals surface area (Å²) in [5.74, 6) is -0.0122. The van der Waals surface area contributed by atoms with Crippen LogP contribution in [0.4, 0.5) is 5.69 Å². The van der Waals surface area contributed by atoms with E-state index in [-0.39, 0.29) is 11.8 Å². The third kappa shape index (κ3) is 6.32. The van der Waals surface area contributed by atoms with Crippen LogP contribution in [0.3, 0.4) is 0 Å². The number of fused-ring (bicyclic) bond motifs is 2. The number of aryl methyl sites for hydroxylation is 1. The Morgan fingerprint density at radius 2 is 1.02 bits per heavy atom. The topological polar surface area (TPSA) is 122 Å². The highest BCUT2D eigenvalue weighted by Crippen LogP contribution is 2.47. The summed E-state index contributed by atoms with van der Waals surface area (Å²) in [7, 11) is 0. The molecular weight excluding hydrogens is 701 g/mol. The van der Waals surface area contributed by atoms with Crippen LogP contribution in [0.1, 0.15) is 109 Å². The molecule has 0 saturated heterocycles. The number of carbonyl (C=O) groups excluding carboxylic acids is 4. The Balaban J connectivity index is 0.000000426. The van der Waals surface area contributed by atoms with Crippen LogP contribution in [-0.2, 0) is 4.74 Å². The summed E-state index contributed by atoms with van der Waals surface area (Å²) in [5.41, 5.74) is 8.36. The van der Waals surface area contributed by atoms with Gasteiger partial charge in [-0.1, -0.05) is 69.7 Å². The molecule has 2 heterocycles. The second kappa shape index (κ2) is 14.4. The van der Waals surface area contributed by atoms with Gasteiger partial charge in [-0.2, -0.15) is 0 Å². The summed E-state index contributed by atoms with van der Waals surface area (Å²) in [6.45, 7) is 21.5. The summed E-state index contributed by atoms with van der Waals surface area (Å²) in [6, 6.07) is 22.1. The third-order valence-electron chi connectivity index (χ3n) is 11.7. The number of nitrogens with zero attached hydrogens (tertiary/aromatic N) is 2. The molecule has 9 nitrogen and oxygen atoms in total. The van der Waals surface area contributed by atoms with Crippen LogP contribution >= 0.6 is 0 Å². The molecule has 8 rings (SSSR count). The lowest BCUT2D eigenvalue weighted by atomic mass is 9.81. The highest BCUT2D eigenvalue weighted by molar-refractivity contribution is 6.43. The second-order valence-electron chi connectivity index (χ2n) is 16.8. The van der Waals surface area contributed by atoms with E-state index >= 15 is 0 Å². The summed E-state index contributed by atoms with van der Waals surface area (Å²) >= 11 is 0. The number of hydrogen-bond donors (Lipinski definition) is 2. The minimum atomic E-state index is -0.889. The Bertz CT molecular complexity index is 2430. The summed E-state index contributed by atoms with van der Waals surface area (Å²) in [5, 5.41) is 9.71. The number of nitrogens with two attached hydrogens (primary N) is 1. The predicted octanol–water partition coefficient (Wildman–Crippen LogP) is 9.21. The molecule has 0 fully saturated rings. The van der Waals surface area contributed by atoms with Crippen molar-refractivity contribution in [1.29, 1.82) is 0 Å². The molecule has 0 radical (unpaired) electrons. The minimum absolute atomic E-state index is 0.373. The van der Waals surface area contributed by atoms with E-state index in [1.807, 2.05) is 57.2 Å². The molecule has 9 heteroatoms. The zero-order valence-corrected chi connectivity index (χ0v) is 34.0. The monoisotopic (exact) mass is 752 g/mol. The molecule has 6 aromatic carbocycles. The molecule has 3 N–H and O–H groups in total. The lowest BCUT2D eigenvalue weighted by Gasteiger charge is -2.41. The van der Waals surface area contributed by atoms with Gasteiger partial charge in [0.2, 0.25) is 0 Å². The number of nitrogens with one attached hydrogen (secondary N) is 1. The van der Waals surface area contributed by atoms with Gasteiger partial charge in [-0.05, 0) is 129 Å². The zero-order valence-electron chi connectivity index (χ0n) is 34.0. The summed E-state index contributed by atoms with van der Waals surface area (Å²) in [4.78, 5) is 58.4. The van der Waals surface area contributed by atoms with E-state index in [0.29, 0.717) is 44.8 Å². The first-order valence-corrected chi connectivity index (χ1v) is 19.6. The Labute approximate surface area is 328 Å². The molecule has 2 aliphatic rings. The first kappa shape index (κ1) is 39.0. The van der Waals surface area contributed by atoms with E-state index in [1.54, 1.807) is 50.2 Å². The van der Waals surface area contributed by atoms with Crippen molar-refractivity contribution in [1.82, 2.24) is 10.2 Å². The largest absolute Gasteiger partial charge is 0.356 e. The summed E-state index contributed by atoms with van der Waals surface area (Å²) < 4.78 is 5.91. The molecule has 56 heavy (non-hydrogen) atoms. The first-order chi connectivity index (χ1) is 26.4. The second-order valence-corrected chi connectivity index (χ2v) is 16.8. The predicted molar refractivity (Wildman–Crippen MR) is 226 cm³/mol. The van der Waals surface area contributed by atoms with Crippen LogP contribution < -0.4 is 16.0 Å². The molecular formula is C47H52N4O5. The van der Waals surface area contributed by atoms with E-state index < -0.39 is 29.7 Å². The van der Waals surface area contributed by atoms with Gasteiger partial charge in [0.05, 0.1) is 17.3 Å². The van der Waals surface area contributed by atoms with Crippen molar-refractivity contribution >= 4 is 72.4 Å². The van der Waals surface area contributed by atoms with Gasteiger partial charge in [-0.3, -0.25) is 24.1 Å². The maximum Gasteiger partial charge on any atom is 0.265 e. The van der Waals surface area contributed by atoms with Crippen molar-refractivity contribution in [3.63, 3.8) is 0 Å². The Kier molecular flexibility index (Phi) is 10.0. The SMILES string of the molecule is CC(C)CNC(C)C(C)C.Cc1ccc(N2C(=O)c3ccc4c5ccc6c7c(ccc(c8ccc(c3c48)C2=O)c75)C(=O)N(C(C)C(C)(C)OC(C)N)C6=O)cc1. The van der Waals surface area contributed by atoms with Crippen molar-refractivity contribution in [3.8, 4) is 0 Å². The van der Waals surface area contributed by atoms with Crippen molar-refractivity contribution in [3.05, 3.63) is 101 Å². The Morgan fingerprint density at radius 1 is 0.607 bits per heavy atom. The van der Waals surface area contributed by atoms with Crippen molar-refractivity contribution < 1.29 is 23.9 Å². The highest BCUT2D eigenvalue weighted by Gasteiger charge is 2.43. The standard InChI is InChI=1S/C38H31N3O5.C9H21N/c1-18-6-8-21(9-7-18)41-36(44)28-16-12-24-22-10-14-26-32-27(35(43)40(34(26)42)19(2)38(4,5)46-20(3)39)15-11-23(30(22)32)25-13-17-29(37(41)45)33(28)31(24)25;1-7(2)6-10-9(5)8(3)4/h6-17,19-20H,39H2,1-5H3;7-10H,6H2,1-5H3. The smallest absolute Gasteiger partial charge is 0.265 e. The first-order valence-electron chi connectivity index (χ1n) is 19.6. The highest BCUT2D eigenvalue weighted by atomic mass is 16.5. The number of amides is 4. The number of ether oxygens (including phenoxy) is 1. The van der Waals surface area contributed by atoms with E-state index in [2.05, 4.69) is 39.9 Å². The van der Waals surface area contributed by atoms with Crippen molar-refractivity contribution in [2.24, 2.45) is 17.6 Å². The number of benzene rings is 6. The van der Waals surface area contributed by atoms with Crippen LogP contribution in [0.5, 0.6) is 0 Å². The van der Waals surface area contributed by atoms with E-state index in [1.165, 1.54) is 9.80 Å². The number of imide groups is 2. The fourth-order valence-corrected chi connectivity index (χ4v) is 8.11. The zero-order chi connectivity index (χ0) is 40.5. The maximum atomic E-state index is 14.1. The number of rotatable bonds is 9. The lowest BCUT2D eigenvalue weighted by molar-refractivity contribution is -0.0943. The van der Waals surface area contributed by atoms with Crippen LogP contribution in [0.15, 0.2) is 72.8 Å². The van der Waals surface area contributed by atoms with E-state index in [0.717, 1.165) is 56.3 Å². The Hall–Kier alpha value is -5.22.